The molecule has 290 valence electrons. The second-order valence-corrected chi connectivity index (χ2v) is 14.1. The Kier molecular flexibility index (Phi) is 13.4. The van der Waals surface area contributed by atoms with Gasteiger partial charge in [-0.05, 0) is 79.1 Å². The minimum absolute atomic E-state index is 0.189. The number of hydrogen-bond acceptors (Lipinski definition) is 7. The van der Waals surface area contributed by atoms with Gasteiger partial charge >= 0.3 is 11.9 Å². The number of hydrogen-bond donors (Lipinski definition) is 4. The van der Waals surface area contributed by atoms with Gasteiger partial charge in [0.05, 0.1) is 18.9 Å². The summed E-state index contributed by atoms with van der Waals surface area (Å²) in [4.78, 5) is 80.3. The summed E-state index contributed by atoms with van der Waals surface area (Å²) in [5.41, 5.74) is 1.62. The van der Waals surface area contributed by atoms with E-state index in [-0.39, 0.29) is 36.8 Å². The fourth-order valence-electron chi connectivity index (χ4n) is 7.54. The van der Waals surface area contributed by atoms with E-state index in [1.807, 2.05) is 42.5 Å². The Labute approximate surface area is 320 Å². The molecule has 1 aliphatic heterocycles. The summed E-state index contributed by atoms with van der Waals surface area (Å²) in [5.74, 6) is -3.19. The number of benzene rings is 3. The third-order valence-corrected chi connectivity index (χ3v) is 10.4. The van der Waals surface area contributed by atoms with Gasteiger partial charge in [-0.1, -0.05) is 67.4 Å². The van der Waals surface area contributed by atoms with E-state index in [9.17, 15) is 39.0 Å². The van der Waals surface area contributed by atoms with E-state index < -0.39 is 41.4 Å². The van der Waals surface area contributed by atoms with Crippen molar-refractivity contribution >= 4 is 47.3 Å². The lowest BCUT2D eigenvalue weighted by molar-refractivity contribution is -0.142. The van der Waals surface area contributed by atoms with E-state index in [2.05, 4.69) is 10.6 Å². The molecule has 1 aliphatic carbocycles. The predicted octanol–water partition coefficient (Wildman–Crippen LogP) is 4.93. The van der Waals surface area contributed by atoms with Crippen LogP contribution in [0.5, 0.6) is 5.75 Å². The van der Waals surface area contributed by atoms with Crippen LogP contribution in [0, 0.1) is 5.41 Å². The van der Waals surface area contributed by atoms with Crippen molar-refractivity contribution in [3.63, 3.8) is 0 Å². The molecule has 3 aromatic carbocycles. The first-order valence-corrected chi connectivity index (χ1v) is 18.5. The molecule has 0 spiro atoms. The highest BCUT2D eigenvalue weighted by Gasteiger charge is 2.48. The molecule has 0 radical (unpaired) electrons. The molecule has 2 aliphatic rings. The molecule has 2 fully saturated rings. The average Bonchev–Trinajstić information content (AvgIpc) is 3.76. The number of carbonyl (C=O) groups is 6. The zero-order chi connectivity index (χ0) is 39.5. The van der Waals surface area contributed by atoms with Crippen molar-refractivity contribution in [2.45, 2.75) is 83.3 Å². The van der Waals surface area contributed by atoms with Gasteiger partial charge in [0.15, 0.2) is 0 Å². The minimum atomic E-state index is -1.32. The molecule has 4 amide bonds. The van der Waals surface area contributed by atoms with E-state index in [1.54, 1.807) is 48.4 Å². The number of carboxylic acids is 2. The van der Waals surface area contributed by atoms with Crippen molar-refractivity contribution in [1.29, 1.82) is 0 Å². The molecule has 55 heavy (non-hydrogen) atoms. The van der Waals surface area contributed by atoms with Crippen LogP contribution in [-0.2, 0) is 41.6 Å². The largest absolute Gasteiger partial charge is 0.497 e. The number of carboxylic acid groups (broad SMARTS) is 2. The predicted molar refractivity (Wildman–Crippen MR) is 205 cm³/mol. The van der Waals surface area contributed by atoms with Gasteiger partial charge in [0, 0.05) is 32.0 Å². The number of aryl methyl sites for hydroxylation is 1. The highest BCUT2D eigenvalue weighted by molar-refractivity contribution is 6.04. The first kappa shape index (κ1) is 40.2. The molecule has 1 saturated carbocycles. The summed E-state index contributed by atoms with van der Waals surface area (Å²) in [6, 6.07) is 22.5. The van der Waals surface area contributed by atoms with Gasteiger partial charge in [0.1, 0.15) is 23.7 Å². The van der Waals surface area contributed by atoms with Crippen LogP contribution in [0.3, 0.4) is 0 Å². The third kappa shape index (κ3) is 10.2. The smallest absolute Gasteiger partial charge is 0.352 e. The van der Waals surface area contributed by atoms with Crippen molar-refractivity contribution in [3.8, 4) is 5.75 Å². The summed E-state index contributed by atoms with van der Waals surface area (Å²) in [6.45, 7) is 1.71. The van der Waals surface area contributed by atoms with Gasteiger partial charge in [-0.15, -0.1) is 0 Å². The number of amides is 4. The van der Waals surface area contributed by atoms with Gasteiger partial charge in [0.2, 0.25) is 17.7 Å². The van der Waals surface area contributed by atoms with Gasteiger partial charge in [-0.3, -0.25) is 28.9 Å². The maximum Gasteiger partial charge on any atom is 0.352 e. The Morgan fingerprint density at radius 2 is 1.56 bits per heavy atom. The number of carbonyl (C=O) groups excluding carboxylic acids is 4. The SMILES string of the molecule is COc1ccc(CC2C(=O)N(c3ccc(/C=C(\NC(=O)C4(CCNC(C)=O)CCCC4)C(=O)O)cc3)C(CCc3ccccc3)N2C(=O)CCC(=O)O)cc1. The van der Waals surface area contributed by atoms with E-state index in [0.717, 1.165) is 24.0 Å². The standard InChI is InChI=1S/C42H48N4O9/c1-28(47)43-25-24-42(22-6-7-23-42)41(54)44-34(40(52)53)26-30-10-15-32(16-11-30)45-36(19-14-29-8-4-3-5-9-29)46(37(48)20-21-38(49)50)35(39(45)51)27-31-12-17-33(55-2)18-13-31/h3-5,8-13,15-18,26,35-36H,6-7,14,19-25,27H2,1-2H3,(H,43,47)(H,44,54)(H,49,50)(H,52,53)/b34-26-. The maximum absolute atomic E-state index is 14.5. The zero-order valence-electron chi connectivity index (χ0n) is 31.2. The highest BCUT2D eigenvalue weighted by atomic mass is 16.5. The van der Waals surface area contributed by atoms with Crippen LogP contribution >= 0.6 is 0 Å². The summed E-state index contributed by atoms with van der Waals surface area (Å²) < 4.78 is 5.29. The van der Waals surface area contributed by atoms with Crippen LogP contribution in [0.2, 0.25) is 0 Å². The molecule has 2 atom stereocenters. The Balaban J connectivity index is 1.45. The van der Waals surface area contributed by atoms with Gasteiger partial charge in [-0.2, -0.15) is 0 Å². The van der Waals surface area contributed by atoms with Gasteiger partial charge < -0.3 is 30.5 Å². The van der Waals surface area contributed by atoms with E-state index in [1.165, 1.54) is 17.9 Å². The zero-order valence-corrected chi connectivity index (χ0v) is 31.2. The Bertz CT molecular complexity index is 1890. The molecule has 1 heterocycles. The molecule has 5 rings (SSSR count). The maximum atomic E-state index is 14.5. The first-order chi connectivity index (χ1) is 26.4. The Hall–Kier alpha value is -5.98. The van der Waals surface area contributed by atoms with Crippen LogP contribution < -0.4 is 20.3 Å². The second-order valence-electron chi connectivity index (χ2n) is 14.1. The molecule has 3 aromatic rings. The fraction of sp³-hybridized carbons (Fsp3) is 0.381. The Morgan fingerprint density at radius 3 is 2.16 bits per heavy atom. The third-order valence-electron chi connectivity index (χ3n) is 10.4. The van der Waals surface area contributed by atoms with E-state index in [0.29, 0.717) is 55.6 Å². The number of aliphatic carboxylic acids is 2. The molecular formula is C42H48N4O9. The molecular weight excluding hydrogens is 704 g/mol. The molecule has 13 nitrogen and oxygen atoms in total. The van der Waals surface area contributed by atoms with Crippen molar-refractivity contribution in [2.75, 3.05) is 18.6 Å². The summed E-state index contributed by atoms with van der Waals surface area (Å²) >= 11 is 0. The normalized spacial score (nSPS) is 17.9. The first-order valence-electron chi connectivity index (χ1n) is 18.5. The van der Waals surface area contributed by atoms with Gasteiger partial charge in [-0.25, -0.2) is 4.79 Å². The minimum Gasteiger partial charge on any atom is -0.497 e. The van der Waals surface area contributed by atoms with Crippen LogP contribution in [0.25, 0.3) is 6.08 Å². The second kappa shape index (κ2) is 18.4. The molecule has 13 heteroatoms. The van der Waals surface area contributed by atoms with Crippen LogP contribution in [0.15, 0.2) is 84.6 Å². The molecule has 0 aromatic heterocycles. The summed E-state index contributed by atoms with van der Waals surface area (Å²) in [5, 5.41) is 24.8. The molecule has 0 bridgehead atoms. The number of nitrogens with one attached hydrogen (secondary N) is 2. The molecule has 2 unspecified atom stereocenters. The van der Waals surface area contributed by atoms with Crippen LogP contribution in [-0.4, -0.2) is 76.5 Å². The number of nitrogens with zero attached hydrogens (tertiary/aromatic N) is 2. The lowest BCUT2D eigenvalue weighted by Gasteiger charge is -2.32. The van der Waals surface area contributed by atoms with Crippen molar-refractivity contribution in [2.24, 2.45) is 5.41 Å². The molecule has 4 N–H and O–H groups in total. The van der Waals surface area contributed by atoms with Gasteiger partial charge in [0.25, 0.3) is 5.91 Å². The number of methoxy groups -OCH3 is 1. The molecule has 1 saturated heterocycles. The number of ether oxygens (including phenoxy) is 1. The topological polar surface area (TPSA) is 183 Å². The van der Waals surface area contributed by atoms with Crippen molar-refractivity contribution in [3.05, 3.63) is 101 Å². The average molecular weight is 753 g/mol. The van der Waals surface area contributed by atoms with Crippen LogP contribution in [0.1, 0.15) is 75.0 Å². The van der Waals surface area contributed by atoms with E-state index in [4.69, 9.17) is 4.74 Å². The van der Waals surface area contributed by atoms with Crippen LogP contribution in [0.4, 0.5) is 5.69 Å². The lowest BCUT2D eigenvalue weighted by atomic mass is 9.81. The number of anilines is 1. The quantitative estimate of drug-likeness (QED) is 0.139. The van der Waals surface area contributed by atoms with E-state index >= 15 is 0 Å². The lowest BCUT2D eigenvalue weighted by Crippen LogP contribution is -2.45. The monoisotopic (exact) mass is 752 g/mol. The Morgan fingerprint density at radius 1 is 0.891 bits per heavy atom. The van der Waals surface area contributed by atoms with Crippen molar-refractivity contribution in [1.82, 2.24) is 15.5 Å². The summed E-state index contributed by atoms with van der Waals surface area (Å²) in [7, 11) is 1.55. The number of rotatable bonds is 17. The van der Waals surface area contributed by atoms with Crippen molar-refractivity contribution < 1.29 is 43.7 Å². The highest BCUT2D eigenvalue weighted by Crippen LogP contribution is 2.41. The fourth-order valence-corrected chi connectivity index (χ4v) is 7.54. The summed E-state index contributed by atoms with van der Waals surface area (Å²) in [6.07, 6.45) is 4.26.